The normalized spacial score (nSPS) is 12.7. The Labute approximate surface area is 123 Å². The molecule has 0 saturated heterocycles. The molecule has 0 unspecified atom stereocenters. The van der Waals surface area contributed by atoms with Gasteiger partial charge in [0.15, 0.2) is 0 Å². The first-order chi connectivity index (χ1) is 9.56. The van der Waals surface area contributed by atoms with Crippen LogP contribution in [0.2, 0.25) is 0 Å². The third kappa shape index (κ3) is 3.94. The number of hydrogen-bond donors (Lipinski definition) is 1. The fourth-order valence-electron chi connectivity index (χ4n) is 2.26. The van der Waals surface area contributed by atoms with Gasteiger partial charge in [-0.1, -0.05) is 67.9 Å². The second kappa shape index (κ2) is 6.71. The number of aryl methyl sites for hydroxylation is 1. The minimum Gasteiger partial charge on any atom is -0.306 e. The number of benzene rings is 2. The molecule has 2 aromatic carbocycles. The first-order valence-corrected chi connectivity index (χ1v) is 7.45. The van der Waals surface area contributed by atoms with Gasteiger partial charge in [-0.3, -0.25) is 0 Å². The van der Waals surface area contributed by atoms with E-state index in [1.807, 2.05) is 0 Å². The molecular formula is C19H25N. The molecule has 2 aromatic rings. The molecule has 0 aliphatic carbocycles. The molecule has 106 valence electrons. The highest BCUT2D eigenvalue weighted by atomic mass is 14.9. The van der Waals surface area contributed by atoms with Crippen molar-refractivity contribution in [3.63, 3.8) is 0 Å². The molecule has 20 heavy (non-hydrogen) atoms. The molecule has 0 aliphatic heterocycles. The summed E-state index contributed by atoms with van der Waals surface area (Å²) < 4.78 is 0. The number of hydrogen-bond acceptors (Lipinski definition) is 1. The van der Waals surface area contributed by atoms with Crippen LogP contribution in [0.3, 0.4) is 0 Å². The van der Waals surface area contributed by atoms with E-state index in [2.05, 4.69) is 81.5 Å². The summed E-state index contributed by atoms with van der Waals surface area (Å²) in [5.74, 6) is 0.600. The van der Waals surface area contributed by atoms with Gasteiger partial charge in [-0.15, -0.1) is 0 Å². The summed E-state index contributed by atoms with van der Waals surface area (Å²) >= 11 is 0. The summed E-state index contributed by atoms with van der Waals surface area (Å²) in [7, 11) is 0. The molecule has 1 heteroatoms. The van der Waals surface area contributed by atoms with Crippen LogP contribution in [0.25, 0.3) is 0 Å². The van der Waals surface area contributed by atoms with E-state index in [0.717, 1.165) is 6.54 Å². The number of nitrogens with one attached hydrogen (secondary N) is 1. The van der Waals surface area contributed by atoms with Crippen LogP contribution >= 0.6 is 0 Å². The van der Waals surface area contributed by atoms with Crippen molar-refractivity contribution in [2.45, 2.75) is 46.2 Å². The van der Waals surface area contributed by atoms with Crippen LogP contribution in [-0.4, -0.2) is 0 Å². The molecule has 0 radical (unpaired) electrons. The lowest BCUT2D eigenvalue weighted by molar-refractivity contribution is 0.574. The second-order valence-electron chi connectivity index (χ2n) is 5.91. The first-order valence-electron chi connectivity index (χ1n) is 7.45. The molecule has 0 aliphatic rings. The Morgan fingerprint density at radius 3 is 1.90 bits per heavy atom. The summed E-state index contributed by atoms with van der Waals surface area (Å²) in [4.78, 5) is 0. The highest BCUT2D eigenvalue weighted by Gasteiger charge is 2.05. The van der Waals surface area contributed by atoms with E-state index < -0.39 is 0 Å². The van der Waals surface area contributed by atoms with Crippen molar-refractivity contribution in [1.82, 2.24) is 5.32 Å². The zero-order valence-electron chi connectivity index (χ0n) is 13.0. The Hall–Kier alpha value is -1.60. The minimum absolute atomic E-state index is 0.375. The van der Waals surface area contributed by atoms with E-state index in [9.17, 15) is 0 Å². The van der Waals surface area contributed by atoms with E-state index in [4.69, 9.17) is 0 Å². The molecule has 2 rings (SSSR count). The smallest absolute Gasteiger partial charge is 0.0294 e. The monoisotopic (exact) mass is 267 g/mol. The van der Waals surface area contributed by atoms with Crippen LogP contribution < -0.4 is 5.32 Å². The zero-order chi connectivity index (χ0) is 14.5. The van der Waals surface area contributed by atoms with Crippen LogP contribution in [0.5, 0.6) is 0 Å². The van der Waals surface area contributed by atoms with Gasteiger partial charge in [-0.2, -0.15) is 0 Å². The maximum atomic E-state index is 3.58. The number of rotatable bonds is 5. The molecular weight excluding hydrogens is 242 g/mol. The standard InChI is InChI=1S/C19H25N/c1-14(2)18-11-7-17(8-12-18)13-20-16(4)19-9-5-15(3)6-10-19/h5-12,14,16,20H,13H2,1-4H3/t16-/m0/s1. The van der Waals surface area contributed by atoms with Crippen LogP contribution in [0.1, 0.15) is 55.0 Å². The van der Waals surface area contributed by atoms with Crippen molar-refractivity contribution in [3.8, 4) is 0 Å². The molecule has 0 saturated carbocycles. The molecule has 1 nitrogen and oxygen atoms in total. The van der Waals surface area contributed by atoms with Crippen LogP contribution in [0.15, 0.2) is 48.5 Å². The molecule has 0 bridgehead atoms. The van der Waals surface area contributed by atoms with E-state index in [-0.39, 0.29) is 0 Å². The SMILES string of the molecule is Cc1ccc([C@H](C)NCc2ccc(C(C)C)cc2)cc1. The van der Waals surface area contributed by atoms with E-state index in [1.165, 1.54) is 22.3 Å². The van der Waals surface area contributed by atoms with E-state index >= 15 is 0 Å². The maximum absolute atomic E-state index is 3.58. The van der Waals surface area contributed by atoms with Crippen molar-refractivity contribution < 1.29 is 0 Å². The third-order valence-electron chi connectivity index (χ3n) is 3.84. The maximum Gasteiger partial charge on any atom is 0.0294 e. The largest absolute Gasteiger partial charge is 0.306 e. The van der Waals surface area contributed by atoms with Crippen molar-refractivity contribution in [3.05, 3.63) is 70.8 Å². The molecule has 1 N–H and O–H groups in total. The van der Waals surface area contributed by atoms with E-state index in [0.29, 0.717) is 12.0 Å². The van der Waals surface area contributed by atoms with Gasteiger partial charge >= 0.3 is 0 Å². The van der Waals surface area contributed by atoms with Gasteiger partial charge in [0.05, 0.1) is 0 Å². The quantitative estimate of drug-likeness (QED) is 0.806. The van der Waals surface area contributed by atoms with Crippen LogP contribution in [0, 0.1) is 6.92 Å². The molecule has 0 heterocycles. The van der Waals surface area contributed by atoms with Crippen LogP contribution in [0.4, 0.5) is 0 Å². The highest BCUT2D eigenvalue weighted by Crippen LogP contribution is 2.16. The lowest BCUT2D eigenvalue weighted by Gasteiger charge is -2.15. The fourth-order valence-corrected chi connectivity index (χ4v) is 2.26. The van der Waals surface area contributed by atoms with Crippen molar-refractivity contribution in [2.24, 2.45) is 0 Å². The first kappa shape index (κ1) is 14.8. The summed E-state index contributed by atoms with van der Waals surface area (Å²) in [5, 5.41) is 3.58. The minimum atomic E-state index is 0.375. The Balaban J connectivity index is 1.92. The van der Waals surface area contributed by atoms with Crippen molar-refractivity contribution in [1.29, 1.82) is 0 Å². The second-order valence-corrected chi connectivity index (χ2v) is 5.91. The summed E-state index contributed by atoms with van der Waals surface area (Å²) in [6, 6.07) is 18.0. The van der Waals surface area contributed by atoms with Gasteiger partial charge < -0.3 is 5.32 Å². The van der Waals surface area contributed by atoms with Gasteiger partial charge in [0.2, 0.25) is 0 Å². The average Bonchev–Trinajstić information content (AvgIpc) is 2.46. The fraction of sp³-hybridized carbons (Fsp3) is 0.368. The summed E-state index contributed by atoms with van der Waals surface area (Å²) in [5.41, 5.74) is 5.40. The van der Waals surface area contributed by atoms with Crippen molar-refractivity contribution in [2.75, 3.05) is 0 Å². The molecule has 0 aromatic heterocycles. The molecule has 0 spiro atoms. The third-order valence-corrected chi connectivity index (χ3v) is 3.84. The summed E-state index contributed by atoms with van der Waals surface area (Å²) in [6.07, 6.45) is 0. The highest BCUT2D eigenvalue weighted by molar-refractivity contribution is 5.26. The van der Waals surface area contributed by atoms with E-state index in [1.54, 1.807) is 0 Å². The average molecular weight is 267 g/mol. The van der Waals surface area contributed by atoms with Gasteiger partial charge in [0.25, 0.3) is 0 Å². The van der Waals surface area contributed by atoms with Gasteiger partial charge in [-0.25, -0.2) is 0 Å². The van der Waals surface area contributed by atoms with Gasteiger partial charge in [0, 0.05) is 12.6 Å². The van der Waals surface area contributed by atoms with Crippen LogP contribution in [-0.2, 0) is 6.54 Å². The lowest BCUT2D eigenvalue weighted by atomic mass is 10.0. The Morgan fingerprint density at radius 2 is 1.35 bits per heavy atom. The van der Waals surface area contributed by atoms with Gasteiger partial charge in [0.1, 0.15) is 0 Å². The zero-order valence-corrected chi connectivity index (χ0v) is 13.0. The Morgan fingerprint density at radius 1 is 0.800 bits per heavy atom. The molecule has 0 amide bonds. The Bertz CT molecular complexity index is 523. The topological polar surface area (TPSA) is 12.0 Å². The predicted molar refractivity (Wildman–Crippen MR) is 87.0 cm³/mol. The Kier molecular flexibility index (Phi) is 4.97. The molecule has 0 fully saturated rings. The van der Waals surface area contributed by atoms with Crippen molar-refractivity contribution >= 4 is 0 Å². The van der Waals surface area contributed by atoms with Gasteiger partial charge in [-0.05, 0) is 36.5 Å². The predicted octanol–water partition coefficient (Wildman–Crippen LogP) is 4.97. The lowest BCUT2D eigenvalue weighted by Crippen LogP contribution is -2.18. The summed E-state index contributed by atoms with van der Waals surface area (Å²) in [6.45, 7) is 9.71. The molecule has 1 atom stereocenters.